The first-order valence-corrected chi connectivity index (χ1v) is 24.8. The van der Waals surface area contributed by atoms with Crippen LogP contribution >= 0.6 is 0 Å². The molecule has 13 N–H and O–H groups in total. The van der Waals surface area contributed by atoms with Gasteiger partial charge in [0.05, 0.1) is 75.9 Å². The van der Waals surface area contributed by atoms with Crippen molar-refractivity contribution in [1.82, 2.24) is 35.2 Å². The number of hydrogen-bond acceptors (Lipinski definition) is 29. The SMILES string of the molecule is O=S(=O)([O-])C1=CC(Nc2nc(N(CCO)CCO)nc(N(CCO)CCO)n2)(Nc2nc(N(CCO)CCO)nc(N(CCO)CCO)n2)CC=C1/C=C/c1ccccc1S(=O)(=O)[O-].OCCNCCO.[K+].[Na+]. The van der Waals surface area contributed by atoms with E-state index in [1.165, 1.54) is 43.9 Å². The first-order chi connectivity index (χ1) is 34.0. The van der Waals surface area contributed by atoms with Gasteiger partial charge in [-0.2, -0.15) is 29.9 Å². The molecule has 0 spiro atoms. The molecule has 29 nitrogen and oxygen atoms in total. The molecule has 0 fully saturated rings. The molecule has 0 radical (unpaired) electrons. The van der Waals surface area contributed by atoms with E-state index in [4.69, 9.17) is 10.2 Å². The number of allylic oxidation sites excluding steroid dienone is 2. The molecule has 1 aliphatic carbocycles. The van der Waals surface area contributed by atoms with Crippen molar-refractivity contribution in [3.8, 4) is 0 Å². The van der Waals surface area contributed by atoms with Gasteiger partial charge in [-0.3, -0.25) is 0 Å². The summed E-state index contributed by atoms with van der Waals surface area (Å²) in [4.78, 5) is 30.8. The molecule has 3 aromatic rings. The van der Waals surface area contributed by atoms with Crippen LogP contribution in [0, 0.1) is 0 Å². The van der Waals surface area contributed by atoms with Crippen molar-refractivity contribution in [2.75, 3.05) is 162 Å². The monoisotopic (exact) mass is 1110 g/mol. The number of nitrogens with one attached hydrogen (secondary N) is 3. The molecule has 0 amide bonds. The fourth-order valence-corrected chi connectivity index (χ4v) is 8.07. The van der Waals surface area contributed by atoms with Gasteiger partial charge < -0.3 is 95.7 Å². The standard InChI is InChI=1S/C36H54N12O14S2.C4H11NO2.K.Na/c49-17-9-45(10-18-50)32-37-30(38-33(41-32)46(11-19-51)12-20-52)43-36(44-31-39-34(47(13-21-53)14-22-54)42-35(40-31)48(15-23-55)16-24-56)8-7-27(29(25-36)64(60,61)62)6-5-26-3-1-2-4-28(26)63(57,58)59;6-3-1-5-2-4-7;;/h1-7,25,49-56H,8-24H2,(H,57,58,59)(H,60,61,62)(H,37,38,41,43)(H,39,40,42,44);5-7H,1-4H2;;/q;;2*+1/p-2/b6-5+;;;. The zero-order valence-electron chi connectivity index (χ0n) is 40.7. The van der Waals surface area contributed by atoms with E-state index in [0.717, 1.165) is 24.3 Å². The number of aliphatic hydroxyl groups is 10. The molecule has 33 heteroatoms. The third kappa shape index (κ3) is 22.4. The van der Waals surface area contributed by atoms with Crippen molar-refractivity contribution in [2.24, 2.45) is 0 Å². The number of nitrogens with zero attached hydrogens (tertiary/aromatic N) is 10. The zero-order valence-corrected chi connectivity index (χ0v) is 47.4. The maximum absolute atomic E-state index is 13.2. The number of rotatable bonds is 32. The normalized spacial score (nSPS) is 13.2. The van der Waals surface area contributed by atoms with Crippen LogP contribution in [-0.4, -0.2) is 244 Å². The average Bonchev–Trinajstić information content (AvgIpc) is 3.33. The maximum atomic E-state index is 13.2. The van der Waals surface area contributed by atoms with Gasteiger partial charge in [0.15, 0.2) is 0 Å². The Kier molecular flexibility index (Phi) is 33.3. The Balaban J connectivity index is 0.00000275. The van der Waals surface area contributed by atoms with E-state index < -0.39 is 88.6 Å². The van der Waals surface area contributed by atoms with Gasteiger partial charge in [-0.1, -0.05) is 36.4 Å². The minimum Gasteiger partial charge on any atom is -0.744 e. The minimum absolute atomic E-state index is 0. The average molecular weight is 1110 g/mol. The van der Waals surface area contributed by atoms with Crippen molar-refractivity contribution < 1.29 is 158 Å². The van der Waals surface area contributed by atoms with Gasteiger partial charge in [-0.05, 0) is 23.3 Å². The second kappa shape index (κ2) is 35.6. The molecule has 0 bridgehead atoms. The van der Waals surface area contributed by atoms with E-state index in [-0.39, 0.29) is 200 Å². The number of aliphatic hydroxyl groups excluding tert-OH is 10. The van der Waals surface area contributed by atoms with Crippen LogP contribution in [0.3, 0.4) is 0 Å². The Bertz CT molecular complexity index is 2240. The van der Waals surface area contributed by atoms with Crippen LogP contribution in [0.4, 0.5) is 35.7 Å². The smallest absolute Gasteiger partial charge is 0.744 e. The van der Waals surface area contributed by atoms with Gasteiger partial charge >= 0.3 is 80.9 Å². The Morgan fingerprint density at radius 2 is 0.890 bits per heavy atom. The van der Waals surface area contributed by atoms with Crippen LogP contribution in [0.2, 0.25) is 0 Å². The van der Waals surface area contributed by atoms with Crippen molar-refractivity contribution in [3.05, 3.63) is 58.5 Å². The predicted octanol–water partition coefficient (Wildman–Crippen LogP) is -11.6. The molecule has 2 aromatic heterocycles. The summed E-state index contributed by atoms with van der Waals surface area (Å²) in [5.41, 5.74) is -2.38. The van der Waals surface area contributed by atoms with Gasteiger partial charge in [0.1, 0.15) is 25.9 Å². The van der Waals surface area contributed by atoms with E-state index in [2.05, 4.69) is 45.9 Å². The molecule has 73 heavy (non-hydrogen) atoms. The first kappa shape index (κ1) is 68.3. The molecule has 0 aliphatic heterocycles. The summed E-state index contributed by atoms with van der Waals surface area (Å²) in [5.74, 6) is -1.21. The summed E-state index contributed by atoms with van der Waals surface area (Å²) >= 11 is 0. The molecule has 1 aliphatic rings. The van der Waals surface area contributed by atoms with Gasteiger partial charge in [0, 0.05) is 71.9 Å². The Morgan fingerprint density at radius 1 is 0.534 bits per heavy atom. The van der Waals surface area contributed by atoms with Crippen molar-refractivity contribution >= 4 is 62.0 Å². The van der Waals surface area contributed by atoms with Crippen LogP contribution in [0.25, 0.3) is 6.08 Å². The van der Waals surface area contributed by atoms with Gasteiger partial charge in [-0.15, -0.1) is 0 Å². The summed E-state index contributed by atoms with van der Waals surface area (Å²) < 4.78 is 75.5. The van der Waals surface area contributed by atoms with Gasteiger partial charge in [-0.25, -0.2) is 16.8 Å². The van der Waals surface area contributed by atoms with Crippen LogP contribution in [0.5, 0.6) is 0 Å². The molecule has 2 heterocycles. The molecule has 0 saturated carbocycles. The first-order valence-electron chi connectivity index (χ1n) is 22.0. The van der Waals surface area contributed by atoms with Crippen molar-refractivity contribution in [3.63, 3.8) is 0 Å². The Morgan fingerprint density at radius 3 is 1.21 bits per heavy atom. The van der Waals surface area contributed by atoms with E-state index in [1.807, 2.05) is 0 Å². The van der Waals surface area contributed by atoms with Gasteiger partial charge in [0.2, 0.25) is 35.7 Å². The van der Waals surface area contributed by atoms with Crippen molar-refractivity contribution in [2.45, 2.75) is 17.0 Å². The second-order valence-corrected chi connectivity index (χ2v) is 17.5. The molecule has 0 atom stereocenters. The van der Waals surface area contributed by atoms with Gasteiger partial charge in [0.25, 0.3) is 0 Å². The quantitative estimate of drug-likeness (QED) is 0.0119. The topological polar surface area (TPSA) is 443 Å². The number of hydrogen-bond donors (Lipinski definition) is 13. The number of benzene rings is 1. The number of anilines is 6. The third-order valence-corrected chi connectivity index (χ3v) is 11.6. The zero-order chi connectivity index (χ0) is 52.5. The summed E-state index contributed by atoms with van der Waals surface area (Å²) in [6.45, 7) is -2.61. The van der Waals surface area contributed by atoms with Crippen LogP contribution < -0.4 is 116 Å². The molecule has 4 rings (SSSR count). The van der Waals surface area contributed by atoms with E-state index in [9.17, 15) is 66.8 Å². The van der Waals surface area contributed by atoms with Crippen LogP contribution in [0.15, 0.2) is 57.9 Å². The van der Waals surface area contributed by atoms with Crippen LogP contribution in [-0.2, 0) is 20.2 Å². The summed E-state index contributed by atoms with van der Waals surface area (Å²) in [6, 6.07) is 5.10. The Labute approximate surface area is 487 Å². The molecular formula is C40H63KN13NaO16S2. The molecule has 398 valence electrons. The fourth-order valence-electron chi connectivity index (χ4n) is 6.62. The predicted molar refractivity (Wildman–Crippen MR) is 256 cm³/mol. The van der Waals surface area contributed by atoms with E-state index in [0.29, 0.717) is 13.1 Å². The Hall–Kier alpha value is -2.72. The molecule has 0 saturated heterocycles. The maximum Gasteiger partial charge on any atom is 1.00 e. The second-order valence-electron chi connectivity index (χ2n) is 14.8. The number of aromatic nitrogens is 6. The summed E-state index contributed by atoms with van der Waals surface area (Å²) in [5, 5.41) is 104. The van der Waals surface area contributed by atoms with E-state index in [1.54, 1.807) is 0 Å². The summed E-state index contributed by atoms with van der Waals surface area (Å²) in [7, 11) is -10.4. The summed E-state index contributed by atoms with van der Waals surface area (Å²) in [6.07, 6.45) is 4.17. The molecule has 1 aromatic carbocycles. The fraction of sp³-hybridized carbons (Fsp3) is 0.550. The van der Waals surface area contributed by atoms with E-state index >= 15 is 0 Å². The van der Waals surface area contributed by atoms with Crippen molar-refractivity contribution in [1.29, 1.82) is 0 Å². The van der Waals surface area contributed by atoms with Crippen LogP contribution in [0.1, 0.15) is 12.0 Å². The minimum atomic E-state index is -5.45. The molecular weight excluding hydrogens is 1040 g/mol. The largest absolute Gasteiger partial charge is 1.00 e. The third-order valence-electron chi connectivity index (χ3n) is 9.77. The molecule has 0 unspecified atom stereocenters.